The van der Waals surface area contributed by atoms with Crippen molar-refractivity contribution < 1.29 is 9.18 Å². The van der Waals surface area contributed by atoms with E-state index in [4.69, 9.17) is 5.73 Å². The van der Waals surface area contributed by atoms with Gasteiger partial charge in [0.05, 0.1) is 23.5 Å². The lowest BCUT2D eigenvalue weighted by Gasteiger charge is -2.34. The zero-order valence-corrected chi connectivity index (χ0v) is 10.8. The molecule has 1 amide bonds. The van der Waals surface area contributed by atoms with Crippen LogP contribution >= 0.6 is 0 Å². The van der Waals surface area contributed by atoms with E-state index in [-0.39, 0.29) is 17.4 Å². The molecular weight excluding hydrogens is 245 g/mol. The van der Waals surface area contributed by atoms with E-state index in [1.807, 2.05) is 0 Å². The van der Waals surface area contributed by atoms with Gasteiger partial charge in [0.2, 0.25) is 5.91 Å². The Kier molecular flexibility index (Phi) is 3.01. The number of aromatic nitrogens is 1. The zero-order chi connectivity index (χ0) is 13.5. The molecule has 2 aliphatic rings. The van der Waals surface area contributed by atoms with Gasteiger partial charge in [-0.2, -0.15) is 0 Å². The van der Waals surface area contributed by atoms with Crippen LogP contribution in [-0.2, 0) is 4.79 Å². The van der Waals surface area contributed by atoms with Crippen LogP contribution in [0, 0.1) is 11.2 Å². The predicted molar refractivity (Wildman–Crippen MR) is 70.0 cm³/mol. The molecule has 1 aromatic rings. The Hall–Kier alpha value is -1.49. The lowest BCUT2D eigenvalue weighted by Crippen LogP contribution is -2.42. The lowest BCUT2D eigenvalue weighted by molar-refractivity contribution is -0.127. The van der Waals surface area contributed by atoms with Gasteiger partial charge in [-0.05, 0) is 25.7 Å². The molecule has 102 valence electrons. The van der Waals surface area contributed by atoms with Crippen molar-refractivity contribution in [2.45, 2.75) is 38.1 Å². The smallest absolute Gasteiger partial charge is 0.233 e. The van der Waals surface area contributed by atoms with Crippen molar-refractivity contribution in [1.82, 2.24) is 4.98 Å². The zero-order valence-electron chi connectivity index (χ0n) is 10.8. The molecule has 4 nitrogen and oxygen atoms in total. The summed E-state index contributed by atoms with van der Waals surface area (Å²) in [5.74, 6) is -0.318. The van der Waals surface area contributed by atoms with Gasteiger partial charge in [0, 0.05) is 18.7 Å². The van der Waals surface area contributed by atoms with Gasteiger partial charge < -0.3 is 10.6 Å². The van der Waals surface area contributed by atoms with Gasteiger partial charge in [0.1, 0.15) is 5.82 Å². The number of anilines is 1. The van der Waals surface area contributed by atoms with Crippen LogP contribution in [0.15, 0.2) is 18.5 Å². The second-order valence-corrected chi connectivity index (χ2v) is 5.70. The second-order valence-electron chi connectivity index (χ2n) is 5.70. The molecule has 2 fully saturated rings. The number of halogens is 1. The highest BCUT2D eigenvalue weighted by molar-refractivity contribution is 5.99. The van der Waals surface area contributed by atoms with Gasteiger partial charge >= 0.3 is 0 Å². The van der Waals surface area contributed by atoms with E-state index >= 15 is 0 Å². The molecule has 2 atom stereocenters. The van der Waals surface area contributed by atoms with Crippen molar-refractivity contribution >= 4 is 11.6 Å². The van der Waals surface area contributed by atoms with Crippen molar-refractivity contribution in [3.8, 4) is 0 Å². The van der Waals surface area contributed by atoms with Gasteiger partial charge in [-0.15, -0.1) is 0 Å². The first-order valence-electron chi connectivity index (χ1n) is 6.79. The minimum absolute atomic E-state index is 0.0926. The highest BCUT2D eigenvalue weighted by Gasteiger charge is 2.48. The van der Waals surface area contributed by atoms with E-state index in [1.54, 1.807) is 11.1 Å². The largest absolute Gasteiger partial charge is 0.328 e. The summed E-state index contributed by atoms with van der Waals surface area (Å²) in [7, 11) is 0. The molecule has 2 unspecified atom stereocenters. The molecule has 0 bridgehead atoms. The van der Waals surface area contributed by atoms with Crippen LogP contribution in [0.5, 0.6) is 0 Å². The molecule has 1 aromatic heterocycles. The molecule has 1 spiro atoms. The number of nitrogens with zero attached hydrogens (tertiary/aromatic N) is 2. The average molecular weight is 263 g/mol. The summed E-state index contributed by atoms with van der Waals surface area (Å²) in [6.07, 6.45) is 7.16. The minimum atomic E-state index is -0.411. The van der Waals surface area contributed by atoms with Crippen LogP contribution in [0.1, 0.15) is 32.1 Å². The van der Waals surface area contributed by atoms with Gasteiger partial charge in [-0.3, -0.25) is 9.78 Å². The molecule has 5 heteroatoms. The molecule has 1 saturated carbocycles. The Morgan fingerprint density at radius 3 is 3.00 bits per heavy atom. The maximum Gasteiger partial charge on any atom is 0.233 e. The Morgan fingerprint density at radius 1 is 1.42 bits per heavy atom. The van der Waals surface area contributed by atoms with Crippen molar-refractivity contribution in [1.29, 1.82) is 0 Å². The number of amides is 1. The Morgan fingerprint density at radius 2 is 2.26 bits per heavy atom. The summed E-state index contributed by atoms with van der Waals surface area (Å²) in [6, 6.07) is 1.48. The van der Waals surface area contributed by atoms with Crippen LogP contribution in [-0.4, -0.2) is 23.5 Å². The minimum Gasteiger partial charge on any atom is -0.328 e. The summed E-state index contributed by atoms with van der Waals surface area (Å²) in [5.41, 5.74) is 6.26. The number of hydrogen-bond acceptors (Lipinski definition) is 3. The fourth-order valence-electron chi connectivity index (χ4n) is 3.45. The first-order chi connectivity index (χ1) is 9.11. The third-order valence-corrected chi connectivity index (χ3v) is 4.40. The maximum atomic E-state index is 13.2. The SMILES string of the molecule is NC1CCCC2(CCN(c3cncc(F)c3)C2=O)C1. The summed E-state index contributed by atoms with van der Waals surface area (Å²) in [5, 5.41) is 0. The van der Waals surface area contributed by atoms with Crippen LogP contribution in [0.25, 0.3) is 0 Å². The number of pyridine rings is 1. The van der Waals surface area contributed by atoms with E-state index in [1.165, 1.54) is 6.07 Å². The van der Waals surface area contributed by atoms with Crippen LogP contribution < -0.4 is 10.6 Å². The lowest BCUT2D eigenvalue weighted by atomic mass is 9.71. The third kappa shape index (κ3) is 2.12. The van der Waals surface area contributed by atoms with Crippen LogP contribution in [0.3, 0.4) is 0 Å². The van der Waals surface area contributed by atoms with Gasteiger partial charge in [-0.1, -0.05) is 6.42 Å². The standard InChI is InChI=1S/C14H18FN3O/c15-10-6-12(9-17-8-10)18-5-4-14(13(18)19)3-1-2-11(16)7-14/h6,8-9,11H,1-5,7,16H2. The molecule has 0 radical (unpaired) electrons. The van der Waals surface area contributed by atoms with Gasteiger partial charge in [0.15, 0.2) is 0 Å². The summed E-state index contributed by atoms with van der Waals surface area (Å²) >= 11 is 0. The van der Waals surface area contributed by atoms with Gasteiger partial charge in [-0.25, -0.2) is 4.39 Å². The highest BCUT2D eigenvalue weighted by atomic mass is 19.1. The summed E-state index contributed by atoms with van der Waals surface area (Å²) in [4.78, 5) is 18.1. The number of carbonyl (C=O) groups excluding carboxylic acids is 1. The van der Waals surface area contributed by atoms with E-state index in [0.29, 0.717) is 12.2 Å². The highest BCUT2D eigenvalue weighted by Crippen LogP contribution is 2.45. The molecule has 19 heavy (non-hydrogen) atoms. The first-order valence-corrected chi connectivity index (χ1v) is 6.79. The van der Waals surface area contributed by atoms with Gasteiger partial charge in [0.25, 0.3) is 0 Å². The van der Waals surface area contributed by atoms with Crippen molar-refractivity contribution in [2.75, 3.05) is 11.4 Å². The van der Waals surface area contributed by atoms with E-state index in [0.717, 1.165) is 38.3 Å². The molecule has 0 aromatic carbocycles. The normalized spacial score (nSPS) is 31.2. The van der Waals surface area contributed by atoms with Crippen molar-refractivity contribution in [3.63, 3.8) is 0 Å². The van der Waals surface area contributed by atoms with E-state index in [9.17, 15) is 9.18 Å². The number of rotatable bonds is 1. The molecule has 2 N–H and O–H groups in total. The number of carbonyl (C=O) groups is 1. The van der Waals surface area contributed by atoms with Crippen molar-refractivity contribution in [3.05, 3.63) is 24.3 Å². The quantitative estimate of drug-likeness (QED) is 0.841. The third-order valence-electron chi connectivity index (χ3n) is 4.40. The van der Waals surface area contributed by atoms with Crippen LogP contribution in [0.4, 0.5) is 10.1 Å². The molecule has 3 rings (SSSR count). The monoisotopic (exact) mass is 263 g/mol. The molecule has 2 heterocycles. The first kappa shape index (κ1) is 12.5. The Balaban J connectivity index is 1.86. The predicted octanol–water partition coefficient (Wildman–Crippen LogP) is 1.85. The summed E-state index contributed by atoms with van der Waals surface area (Å²) < 4.78 is 13.2. The Labute approximate surface area is 111 Å². The number of hydrogen-bond donors (Lipinski definition) is 1. The summed E-state index contributed by atoms with van der Waals surface area (Å²) in [6.45, 7) is 0.636. The topological polar surface area (TPSA) is 59.2 Å². The number of nitrogens with two attached hydrogens (primary N) is 1. The molecule has 1 aliphatic heterocycles. The maximum absolute atomic E-state index is 13.2. The molecular formula is C14H18FN3O. The fourth-order valence-corrected chi connectivity index (χ4v) is 3.45. The Bertz CT molecular complexity index is 507. The van der Waals surface area contributed by atoms with Crippen molar-refractivity contribution in [2.24, 2.45) is 11.1 Å². The van der Waals surface area contributed by atoms with E-state index in [2.05, 4.69) is 4.98 Å². The fraction of sp³-hybridized carbons (Fsp3) is 0.571. The molecule has 1 saturated heterocycles. The van der Waals surface area contributed by atoms with Crippen LogP contribution in [0.2, 0.25) is 0 Å². The second kappa shape index (κ2) is 4.56. The average Bonchev–Trinajstić information content (AvgIpc) is 2.67. The van der Waals surface area contributed by atoms with E-state index < -0.39 is 5.82 Å². The molecule has 1 aliphatic carbocycles.